The minimum absolute atomic E-state index is 0.214. The summed E-state index contributed by atoms with van der Waals surface area (Å²) in [5.41, 5.74) is 2.14. The van der Waals surface area contributed by atoms with Crippen molar-refractivity contribution in [1.82, 2.24) is 0 Å². The number of hydrogen-bond donors (Lipinski definition) is 0. The Labute approximate surface area is 132 Å². The van der Waals surface area contributed by atoms with E-state index in [4.69, 9.17) is 16.3 Å². The molecule has 0 spiro atoms. The lowest BCUT2D eigenvalue weighted by molar-refractivity contribution is -0.140. The van der Waals surface area contributed by atoms with Crippen molar-refractivity contribution in [1.29, 1.82) is 0 Å². The number of fused-ring (bicyclic) bond motifs is 2. The minimum atomic E-state index is -0.214. The third kappa shape index (κ3) is 2.87. The number of anilines is 2. The first-order chi connectivity index (χ1) is 10.2. The topological polar surface area (TPSA) is 29.5 Å². The Morgan fingerprint density at radius 2 is 1.95 bits per heavy atom. The fourth-order valence-corrected chi connectivity index (χ4v) is 3.59. The minimum Gasteiger partial charge on any atom is -0.469 e. The van der Waals surface area contributed by atoms with Crippen molar-refractivity contribution in [2.45, 2.75) is 16.2 Å². The Bertz CT molecular complexity index is 690. The van der Waals surface area contributed by atoms with Gasteiger partial charge in [-0.3, -0.25) is 4.79 Å². The highest BCUT2D eigenvalue weighted by Gasteiger charge is 2.23. The first-order valence-electron chi connectivity index (χ1n) is 6.60. The lowest BCUT2D eigenvalue weighted by Crippen LogP contribution is -2.24. The number of rotatable bonds is 3. The summed E-state index contributed by atoms with van der Waals surface area (Å²) < 4.78 is 4.74. The standard InChI is InChI=1S/C16H14ClNO2S/c1-20-16(19)8-9-18-12-4-2-3-5-14(12)21-15-7-6-11(17)10-13(15)18/h2-7,10H,8-9H2,1H3. The van der Waals surface area contributed by atoms with Crippen molar-refractivity contribution in [3.63, 3.8) is 0 Å². The molecule has 2 aromatic carbocycles. The SMILES string of the molecule is COC(=O)CCN1c2ccccc2Sc2ccc(Cl)cc21. The molecule has 0 aromatic heterocycles. The third-order valence-corrected chi connectivity index (χ3v) is 4.72. The van der Waals surface area contributed by atoms with Gasteiger partial charge in [0.25, 0.3) is 0 Å². The molecule has 0 N–H and O–H groups in total. The molecule has 1 aliphatic rings. The fraction of sp³-hybridized carbons (Fsp3) is 0.188. The van der Waals surface area contributed by atoms with Gasteiger partial charge in [-0.2, -0.15) is 0 Å². The van der Waals surface area contributed by atoms with Gasteiger partial charge in [0.15, 0.2) is 0 Å². The molecule has 0 saturated carbocycles. The van der Waals surface area contributed by atoms with Gasteiger partial charge in [0.1, 0.15) is 0 Å². The van der Waals surface area contributed by atoms with Gasteiger partial charge < -0.3 is 9.64 Å². The normalized spacial score (nSPS) is 12.6. The Morgan fingerprint density at radius 3 is 2.76 bits per heavy atom. The van der Waals surface area contributed by atoms with E-state index in [2.05, 4.69) is 17.0 Å². The highest BCUT2D eigenvalue weighted by atomic mass is 35.5. The molecule has 3 rings (SSSR count). The molecule has 0 aliphatic carbocycles. The van der Waals surface area contributed by atoms with Crippen molar-refractivity contribution in [3.8, 4) is 0 Å². The molecule has 0 saturated heterocycles. The van der Waals surface area contributed by atoms with Crippen molar-refractivity contribution in [2.24, 2.45) is 0 Å². The molecule has 108 valence electrons. The van der Waals surface area contributed by atoms with E-state index in [-0.39, 0.29) is 5.97 Å². The van der Waals surface area contributed by atoms with Crippen LogP contribution >= 0.6 is 23.4 Å². The molecule has 0 atom stereocenters. The Kier molecular flexibility index (Phi) is 4.08. The zero-order chi connectivity index (χ0) is 14.8. The maximum atomic E-state index is 11.5. The molecule has 1 aliphatic heterocycles. The fourth-order valence-electron chi connectivity index (χ4n) is 2.35. The average molecular weight is 320 g/mol. The monoisotopic (exact) mass is 319 g/mol. The number of hydrogen-bond acceptors (Lipinski definition) is 4. The van der Waals surface area contributed by atoms with Crippen LogP contribution in [0.1, 0.15) is 6.42 Å². The van der Waals surface area contributed by atoms with Crippen LogP contribution in [0.4, 0.5) is 11.4 Å². The van der Waals surface area contributed by atoms with E-state index in [1.807, 2.05) is 30.3 Å². The second-order valence-electron chi connectivity index (χ2n) is 4.66. The Morgan fingerprint density at radius 1 is 1.19 bits per heavy atom. The summed E-state index contributed by atoms with van der Waals surface area (Å²) in [5.74, 6) is -0.214. The predicted molar refractivity (Wildman–Crippen MR) is 85.7 cm³/mol. The Balaban J connectivity index is 2.00. The smallest absolute Gasteiger partial charge is 0.307 e. The van der Waals surface area contributed by atoms with E-state index >= 15 is 0 Å². The molecule has 1 heterocycles. The summed E-state index contributed by atoms with van der Waals surface area (Å²) in [6.07, 6.45) is 0.335. The number of carbonyl (C=O) groups excluding carboxylic acids is 1. The van der Waals surface area contributed by atoms with E-state index in [0.717, 1.165) is 16.3 Å². The maximum Gasteiger partial charge on any atom is 0.307 e. The van der Waals surface area contributed by atoms with Crippen LogP contribution in [-0.2, 0) is 9.53 Å². The van der Waals surface area contributed by atoms with Gasteiger partial charge in [-0.25, -0.2) is 0 Å². The van der Waals surface area contributed by atoms with Gasteiger partial charge in [0.2, 0.25) is 0 Å². The van der Waals surface area contributed by atoms with E-state index in [1.165, 1.54) is 12.0 Å². The van der Waals surface area contributed by atoms with E-state index in [9.17, 15) is 4.79 Å². The number of nitrogens with zero attached hydrogens (tertiary/aromatic N) is 1. The molecule has 0 bridgehead atoms. The van der Waals surface area contributed by atoms with Crippen molar-refractivity contribution >= 4 is 40.7 Å². The van der Waals surface area contributed by atoms with Gasteiger partial charge >= 0.3 is 5.97 Å². The molecular formula is C16H14ClNO2S. The molecule has 0 unspecified atom stereocenters. The highest BCUT2D eigenvalue weighted by Crippen LogP contribution is 2.48. The summed E-state index contributed by atoms with van der Waals surface area (Å²) in [6.45, 7) is 0.567. The van der Waals surface area contributed by atoms with Gasteiger partial charge in [-0.15, -0.1) is 0 Å². The van der Waals surface area contributed by atoms with Crippen LogP contribution in [0.15, 0.2) is 52.3 Å². The number of esters is 1. The molecule has 0 amide bonds. The zero-order valence-electron chi connectivity index (χ0n) is 11.5. The molecule has 0 fully saturated rings. The molecule has 2 aromatic rings. The summed E-state index contributed by atoms with van der Waals surface area (Å²) in [5, 5.41) is 0.691. The summed E-state index contributed by atoms with van der Waals surface area (Å²) in [7, 11) is 1.41. The van der Waals surface area contributed by atoms with E-state index < -0.39 is 0 Å². The van der Waals surface area contributed by atoms with E-state index in [0.29, 0.717) is 18.0 Å². The van der Waals surface area contributed by atoms with Crippen LogP contribution in [0.2, 0.25) is 5.02 Å². The van der Waals surface area contributed by atoms with Gasteiger partial charge in [0, 0.05) is 21.4 Å². The lowest BCUT2D eigenvalue weighted by atomic mass is 10.2. The van der Waals surface area contributed by atoms with Crippen LogP contribution in [0.25, 0.3) is 0 Å². The van der Waals surface area contributed by atoms with Crippen LogP contribution in [0.5, 0.6) is 0 Å². The average Bonchev–Trinajstić information content (AvgIpc) is 2.51. The Hall–Kier alpha value is -1.65. The largest absolute Gasteiger partial charge is 0.469 e. The van der Waals surface area contributed by atoms with Gasteiger partial charge in [-0.1, -0.05) is 35.5 Å². The second-order valence-corrected chi connectivity index (χ2v) is 6.18. The first kappa shape index (κ1) is 14.3. The molecule has 0 radical (unpaired) electrons. The quantitative estimate of drug-likeness (QED) is 0.779. The predicted octanol–water partition coefficient (Wildman–Crippen LogP) is 4.51. The number of methoxy groups -OCH3 is 1. The first-order valence-corrected chi connectivity index (χ1v) is 7.79. The maximum absolute atomic E-state index is 11.5. The highest BCUT2D eigenvalue weighted by molar-refractivity contribution is 7.99. The molecule has 5 heteroatoms. The van der Waals surface area contributed by atoms with Crippen LogP contribution in [0.3, 0.4) is 0 Å². The summed E-state index contributed by atoms with van der Waals surface area (Å²) in [6, 6.07) is 14.0. The molecule has 21 heavy (non-hydrogen) atoms. The number of para-hydroxylation sites is 1. The third-order valence-electron chi connectivity index (χ3n) is 3.35. The zero-order valence-corrected chi connectivity index (χ0v) is 13.1. The van der Waals surface area contributed by atoms with Gasteiger partial charge in [-0.05, 0) is 30.3 Å². The van der Waals surface area contributed by atoms with Crippen LogP contribution < -0.4 is 4.90 Å². The molecular weight excluding hydrogens is 306 g/mol. The summed E-state index contributed by atoms with van der Waals surface area (Å²) >= 11 is 7.85. The van der Waals surface area contributed by atoms with Crippen molar-refractivity contribution < 1.29 is 9.53 Å². The summed E-state index contributed by atoms with van der Waals surface area (Å²) in [4.78, 5) is 15.9. The number of benzene rings is 2. The van der Waals surface area contributed by atoms with Gasteiger partial charge in [0.05, 0.1) is 24.9 Å². The van der Waals surface area contributed by atoms with Crippen molar-refractivity contribution in [3.05, 3.63) is 47.5 Å². The molecule has 3 nitrogen and oxygen atoms in total. The van der Waals surface area contributed by atoms with Crippen LogP contribution in [0, 0.1) is 0 Å². The number of ether oxygens (including phenoxy) is 1. The number of carbonyl (C=O) groups is 1. The number of halogens is 1. The lowest BCUT2D eigenvalue weighted by Gasteiger charge is -2.32. The van der Waals surface area contributed by atoms with E-state index in [1.54, 1.807) is 11.8 Å². The van der Waals surface area contributed by atoms with Crippen molar-refractivity contribution in [2.75, 3.05) is 18.6 Å². The van der Waals surface area contributed by atoms with Crippen LogP contribution in [-0.4, -0.2) is 19.6 Å². The second kappa shape index (κ2) is 6.00.